The summed E-state index contributed by atoms with van der Waals surface area (Å²) in [6.45, 7) is 3.73. The number of rotatable bonds is 4. The fourth-order valence-electron chi connectivity index (χ4n) is 3.45. The molecule has 3 aromatic rings. The molecular formula is C24H20N2O. The van der Waals surface area contributed by atoms with Crippen molar-refractivity contribution >= 4 is 11.9 Å². The minimum absolute atomic E-state index is 0.228. The van der Waals surface area contributed by atoms with Crippen LogP contribution in [0, 0.1) is 0 Å². The van der Waals surface area contributed by atoms with Gasteiger partial charge in [-0.3, -0.25) is 0 Å². The van der Waals surface area contributed by atoms with E-state index >= 15 is 0 Å². The van der Waals surface area contributed by atoms with Crippen LogP contribution in [-0.2, 0) is 12.8 Å². The summed E-state index contributed by atoms with van der Waals surface area (Å²) in [5.74, 6) is 0.228. The Morgan fingerprint density at radius 3 is 2.22 bits per heavy atom. The fourth-order valence-corrected chi connectivity index (χ4v) is 3.45. The molecular weight excluding hydrogens is 332 g/mol. The Bertz CT molecular complexity index is 1020. The average Bonchev–Trinajstić information content (AvgIpc) is 2.70. The number of hydrogen-bond acceptors (Lipinski definition) is 3. The van der Waals surface area contributed by atoms with Crippen LogP contribution in [0.4, 0.5) is 0 Å². The zero-order valence-corrected chi connectivity index (χ0v) is 15.0. The van der Waals surface area contributed by atoms with Gasteiger partial charge in [-0.2, -0.15) is 5.10 Å². The van der Waals surface area contributed by atoms with E-state index in [4.69, 9.17) is 0 Å². The summed E-state index contributed by atoms with van der Waals surface area (Å²) >= 11 is 0. The molecule has 0 atom stereocenters. The maximum atomic E-state index is 10.4. The highest BCUT2D eigenvalue weighted by atomic mass is 16.3. The molecule has 0 fully saturated rings. The van der Waals surface area contributed by atoms with Crippen LogP contribution >= 0.6 is 0 Å². The van der Waals surface area contributed by atoms with Gasteiger partial charge in [0.25, 0.3) is 0 Å². The summed E-state index contributed by atoms with van der Waals surface area (Å²) in [6.07, 6.45) is 4.89. The van der Waals surface area contributed by atoms with Crippen LogP contribution in [0.1, 0.15) is 33.4 Å². The van der Waals surface area contributed by atoms with Gasteiger partial charge >= 0.3 is 0 Å². The van der Waals surface area contributed by atoms with Crippen molar-refractivity contribution < 1.29 is 5.11 Å². The third kappa shape index (κ3) is 3.32. The van der Waals surface area contributed by atoms with Crippen LogP contribution in [0.25, 0.3) is 0 Å². The summed E-state index contributed by atoms with van der Waals surface area (Å²) in [5, 5.41) is 19.2. The lowest BCUT2D eigenvalue weighted by Crippen LogP contribution is -2.15. The van der Waals surface area contributed by atoms with Gasteiger partial charge in [-0.25, -0.2) is 0 Å². The molecule has 0 aromatic heterocycles. The van der Waals surface area contributed by atoms with E-state index in [1.807, 2.05) is 30.3 Å². The predicted molar refractivity (Wildman–Crippen MR) is 111 cm³/mol. The molecule has 0 bridgehead atoms. The molecule has 27 heavy (non-hydrogen) atoms. The zero-order chi connectivity index (χ0) is 18.6. The average molecular weight is 352 g/mol. The van der Waals surface area contributed by atoms with Crippen LogP contribution in [0.15, 0.2) is 89.6 Å². The summed E-state index contributed by atoms with van der Waals surface area (Å²) in [4.78, 5) is 0. The summed E-state index contributed by atoms with van der Waals surface area (Å²) in [7, 11) is 0. The molecule has 1 N–H and O–H groups in total. The Balaban J connectivity index is 1.74. The zero-order valence-electron chi connectivity index (χ0n) is 15.0. The maximum Gasteiger partial charge on any atom is 0.127 e. The van der Waals surface area contributed by atoms with E-state index in [0.29, 0.717) is 12.0 Å². The van der Waals surface area contributed by atoms with Gasteiger partial charge in [-0.05, 0) is 35.6 Å². The summed E-state index contributed by atoms with van der Waals surface area (Å²) < 4.78 is 0. The molecule has 0 saturated heterocycles. The molecule has 0 spiro atoms. The van der Waals surface area contributed by atoms with Gasteiger partial charge in [0.2, 0.25) is 0 Å². The van der Waals surface area contributed by atoms with E-state index in [-0.39, 0.29) is 5.75 Å². The van der Waals surface area contributed by atoms with Gasteiger partial charge < -0.3 is 5.11 Å². The van der Waals surface area contributed by atoms with Gasteiger partial charge in [0.05, 0.1) is 6.21 Å². The third-order valence-electron chi connectivity index (χ3n) is 4.80. The van der Waals surface area contributed by atoms with Crippen LogP contribution < -0.4 is 0 Å². The Kier molecular flexibility index (Phi) is 4.67. The van der Waals surface area contributed by atoms with Crippen LogP contribution in [0.3, 0.4) is 0 Å². The molecule has 3 aromatic carbocycles. The SMILES string of the molecule is C=CCc1cccc(/C=N\N=C2c3ccccc3Cc3ccccc32)c1O. The van der Waals surface area contributed by atoms with Crippen molar-refractivity contribution in [3.8, 4) is 5.75 Å². The third-order valence-corrected chi connectivity index (χ3v) is 4.80. The first-order chi connectivity index (χ1) is 13.3. The number of benzene rings is 3. The lowest BCUT2D eigenvalue weighted by molar-refractivity contribution is 0.469. The first kappa shape index (κ1) is 17.0. The van der Waals surface area contributed by atoms with Crippen molar-refractivity contribution in [2.24, 2.45) is 10.2 Å². The number of phenols is 1. The standard InChI is InChI=1S/C24H20N2O/c1-2-8-17-11-7-12-20(24(17)27)16-25-26-23-21-13-5-3-9-18(21)15-19-10-4-6-14-22(19)23/h2-7,9-14,16,27H,1,8,15H2/b25-16-. The number of aromatic hydroxyl groups is 1. The molecule has 0 unspecified atom stereocenters. The summed E-state index contributed by atoms with van der Waals surface area (Å²) in [5.41, 5.74) is 7.06. The van der Waals surface area contributed by atoms with Crippen molar-refractivity contribution in [1.82, 2.24) is 0 Å². The lowest BCUT2D eigenvalue weighted by atomic mass is 9.85. The van der Waals surface area contributed by atoms with Gasteiger partial charge in [0.1, 0.15) is 11.5 Å². The van der Waals surface area contributed by atoms with E-state index in [0.717, 1.165) is 28.8 Å². The van der Waals surface area contributed by atoms with Gasteiger partial charge in [0, 0.05) is 16.7 Å². The number of allylic oxidation sites excluding steroid dienone is 1. The molecule has 0 amide bonds. The first-order valence-electron chi connectivity index (χ1n) is 8.97. The van der Waals surface area contributed by atoms with Crippen molar-refractivity contribution in [3.63, 3.8) is 0 Å². The second-order valence-electron chi connectivity index (χ2n) is 6.53. The largest absolute Gasteiger partial charge is 0.507 e. The van der Waals surface area contributed by atoms with E-state index in [1.165, 1.54) is 11.1 Å². The molecule has 1 aliphatic carbocycles. The van der Waals surface area contributed by atoms with Crippen LogP contribution in [-0.4, -0.2) is 17.0 Å². The van der Waals surface area contributed by atoms with Crippen LogP contribution in [0.5, 0.6) is 5.75 Å². The quantitative estimate of drug-likeness (QED) is 0.317. The molecule has 3 nitrogen and oxygen atoms in total. The van der Waals surface area contributed by atoms with E-state index in [1.54, 1.807) is 12.3 Å². The van der Waals surface area contributed by atoms with Crippen molar-refractivity contribution in [3.05, 3.63) is 113 Å². The van der Waals surface area contributed by atoms with Crippen molar-refractivity contribution in [1.29, 1.82) is 0 Å². The molecule has 3 heteroatoms. The number of phenolic OH excluding ortho intramolecular Hbond substituents is 1. The second kappa shape index (κ2) is 7.42. The highest BCUT2D eigenvalue weighted by molar-refractivity contribution is 6.16. The molecule has 0 radical (unpaired) electrons. The number of hydrogen-bond donors (Lipinski definition) is 1. The Morgan fingerprint density at radius 2 is 1.56 bits per heavy atom. The molecule has 0 aliphatic heterocycles. The van der Waals surface area contributed by atoms with Crippen LogP contribution in [0.2, 0.25) is 0 Å². The van der Waals surface area contributed by atoms with Crippen molar-refractivity contribution in [2.75, 3.05) is 0 Å². The van der Waals surface area contributed by atoms with Gasteiger partial charge in [-0.15, -0.1) is 11.7 Å². The van der Waals surface area contributed by atoms with Crippen molar-refractivity contribution in [2.45, 2.75) is 12.8 Å². The number of nitrogens with zero attached hydrogens (tertiary/aromatic N) is 2. The topological polar surface area (TPSA) is 45.0 Å². The minimum atomic E-state index is 0.228. The lowest BCUT2D eigenvalue weighted by Gasteiger charge is -2.20. The Morgan fingerprint density at radius 1 is 0.889 bits per heavy atom. The van der Waals surface area contributed by atoms with E-state index in [2.05, 4.69) is 53.2 Å². The number of fused-ring (bicyclic) bond motifs is 2. The van der Waals surface area contributed by atoms with E-state index < -0.39 is 0 Å². The first-order valence-corrected chi connectivity index (χ1v) is 8.97. The molecule has 4 rings (SSSR count). The Hall–Kier alpha value is -3.46. The highest BCUT2D eigenvalue weighted by Crippen LogP contribution is 2.28. The summed E-state index contributed by atoms with van der Waals surface area (Å²) in [6, 6.07) is 22.2. The Labute approximate surface area is 159 Å². The van der Waals surface area contributed by atoms with E-state index in [9.17, 15) is 5.11 Å². The maximum absolute atomic E-state index is 10.4. The fraction of sp³-hybridized carbons (Fsp3) is 0.0833. The minimum Gasteiger partial charge on any atom is -0.507 e. The molecule has 0 saturated carbocycles. The smallest absolute Gasteiger partial charge is 0.127 e. The van der Waals surface area contributed by atoms with Gasteiger partial charge in [-0.1, -0.05) is 66.7 Å². The molecule has 1 aliphatic rings. The number of para-hydroxylation sites is 1. The molecule has 0 heterocycles. The monoisotopic (exact) mass is 352 g/mol. The highest BCUT2D eigenvalue weighted by Gasteiger charge is 2.20. The van der Waals surface area contributed by atoms with Gasteiger partial charge in [0.15, 0.2) is 0 Å². The second-order valence-corrected chi connectivity index (χ2v) is 6.53. The normalized spacial score (nSPS) is 12.5. The molecule has 132 valence electrons. The predicted octanol–water partition coefficient (Wildman–Crippen LogP) is 4.90.